The van der Waals surface area contributed by atoms with Gasteiger partial charge in [-0.3, -0.25) is 4.79 Å². The zero-order valence-corrected chi connectivity index (χ0v) is 21.7. The van der Waals surface area contributed by atoms with Crippen molar-refractivity contribution in [3.63, 3.8) is 0 Å². The lowest BCUT2D eigenvalue weighted by atomic mass is 9.79. The van der Waals surface area contributed by atoms with Gasteiger partial charge in [0, 0.05) is 22.9 Å². The minimum Gasteiger partial charge on any atom is -0.506 e. The highest BCUT2D eigenvalue weighted by molar-refractivity contribution is 9.11. The first-order chi connectivity index (χ1) is 13.8. The van der Waals surface area contributed by atoms with Crippen LogP contribution >= 0.6 is 31.9 Å². The van der Waals surface area contributed by atoms with Crippen LogP contribution in [0.4, 0.5) is 0 Å². The van der Waals surface area contributed by atoms with Gasteiger partial charge in [-0.05, 0) is 66.5 Å². The van der Waals surface area contributed by atoms with Crippen LogP contribution in [-0.4, -0.2) is 10.9 Å². The molecule has 0 aliphatic heterocycles. The predicted octanol–water partition coefficient (Wildman–Crippen LogP) is 8.05. The molecule has 1 heterocycles. The number of carbonyl (C=O) groups is 1. The molecule has 160 valence electrons. The highest BCUT2D eigenvalue weighted by Crippen LogP contribution is 2.41. The molecule has 0 aliphatic rings. The van der Waals surface area contributed by atoms with Crippen LogP contribution in [0.1, 0.15) is 81.3 Å². The molecule has 0 bridgehead atoms. The molecule has 0 radical (unpaired) electrons. The molecule has 0 saturated carbocycles. The molecule has 1 N–H and O–H groups in total. The number of rotatable bonds is 3. The Labute approximate surface area is 195 Å². The summed E-state index contributed by atoms with van der Waals surface area (Å²) in [6, 6.07) is 7.62. The number of halogens is 2. The fraction of sp³-hybridized carbons (Fsp3) is 0.400. The maximum Gasteiger partial charge on any atom is 0.197 e. The summed E-state index contributed by atoms with van der Waals surface area (Å²) in [5.74, 6) is 0.647. The van der Waals surface area contributed by atoms with Gasteiger partial charge in [-0.25, -0.2) is 0 Å². The minimum absolute atomic E-state index is 0.0667. The number of aryl methyl sites for hydroxylation is 1. The number of furan rings is 1. The lowest BCUT2D eigenvalue weighted by molar-refractivity contribution is 0.103. The molecule has 5 heteroatoms. The zero-order chi connectivity index (χ0) is 22.6. The Morgan fingerprint density at radius 1 is 0.967 bits per heavy atom. The molecule has 30 heavy (non-hydrogen) atoms. The largest absolute Gasteiger partial charge is 0.506 e. The summed E-state index contributed by atoms with van der Waals surface area (Å²) in [6.45, 7) is 15.0. The molecule has 1 aromatic heterocycles. The van der Waals surface area contributed by atoms with Gasteiger partial charge in [-0.15, -0.1) is 0 Å². The molecule has 2 aromatic carbocycles. The Balaban J connectivity index is 2.38. The maximum absolute atomic E-state index is 13.7. The molecule has 3 aromatic rings. The zero-order valence-electron chi connectivity index (χ0n) is 18.5. The summed E-state index contributed by atoms with van der Waals surface area (Å²) >= 11 is 6.67. The number of fused-ring (bicyclic) bond motifs is 1. The van der Waals surface area contributed by atoms with Gasteiger partial charge in [-0.2, -0.15) is 0 Å². The first kappa shape index (κ1) is 23.1. The van der Waals surface area contributed by atoms with Gasteiger partial charge in [0.25, 0.3) is 0 Å². The van der Waals surface area contributed by atoms with Gasteiger partial charge < -0.3 is 9.52 Å². The first-order valence-electron chi connectivity index (χ1n) is 10.1. The van der Waals surface area contributed by atoms with E-state index in [2.05, 4.69) is 85.5 Å². The average molecular weight is 536 g/mol. The fourth-order valence-corrected chi connectivity index (χ4v) is 4.76. The van der Waals surface area contributed by atoms with Crippen LogP contribution in [0.15, 0.2) is 37.6 Å². The minimum atomic E-state index is -0.132. The smallest absolute Gasteiger partial charge is 0.197 e. The molecular weight excluding hydrogens is 508 g/mol. The topological polar surface area (TPSA) is 50.4 Å². The molecule has 0 fully saturated rings. The summed E-state index contributed by atoms with van der Waals surface area (Å²) in [7, 11) is 0. The number of ketones is 1. The standard InChI is InChI=1S/C25H28Br2O3/c1-8-19-20(21(28)13-9-17(26)22(29)18(27)10-13)15-11-14(24(2,3)4)12-16(23(15)30-19)25(5,6)7/h9-12,29H,8H2,1-7H3. The number of phenols is 1. The van der Waals surface area contributed by atoms with E-state index < -0.39 is 0 Å². The van der Waals surface area contributed by atoms with Crippen LogP contribution in [0.25, 0.3) is 11.0 Å². The Hall–Kier alpha value is -1.59. The lowest BCUT2D eigenvalue weighted by Gasteiger charge is -2.25. The third-order valence-corrected chi connectivity index (χ3v) is 6.57. The van der Waals surface area contributed by atoms with Crippen molar-refractivity contribution in [2.24, 2.45) is 0 Å². The number of phenolic OH excluding ortho intramolecular Hbond substituents is 1. The Kier molecular flexibility index (Phi) is 6.02. The molecule has 3 nitrogen and oxygen atoms in total. The van der Waals surface area contributed by atoms with Crippen molar-refractivity contribution >= 4 is 48.6 Å². The second-order valence-electron chi connectivity index (χ2n) is 9.77. The van der Waals surface area contributed by atoms with Gasteiger partial charge in [0.2, 0.25) is 0 Å². The van der Waals surface area contributed by atoms with Crippen molar-refractivity contribution in [1.82, 2.24) is 0 Å². The quantitative estimate of drug-likeness (QED) is 0.345. The van der Waals surface area contributed by atoms with Gasteiger partial charge in [0.1, 0.15) is 17.1 Å². The Morgan fingerprint density at radius 3 is 2.00 bits per heavy atom. The average Bonchev–Trinajstić information content (AvgIpc) is 3.01. The highest BCUT2D eigenvalue weighted by atomic mass is 79.9. The van der Waals surface area contributed by atoms with Crippen molar-refractivity contribution in [3.05, 3.63) is 61.2 Å². The summed E-state index contributed by atoms with van der Waals surface area (Å²) < 4.78 is 7.25. The summed E-state index contributed by atoms with van der Waals surface area (Å²) in [4.78, 5) is 13.7. The van der Waals surface area contributed by atoms with E-state index >= 15 is 0 Å². The van der Waals surface area contributed by atoms with Crippen LogP contribution in [0.2, 0.25) is 0 Å². The van der Waals surface area contributed by atoms with E-state index in [0.717, 1.165) is 16.5 Å². The number of carbonyl (C=O) groups excluding carboxylic acids is 1. The highest BCUT2D eigenvalue weighted by Gasteiger charge is 2.29. The molecule has 0 amide bonds. The molecule has 0 aliphatic carbocycles. The van der Waals surface area contributed by atoms with Crippen molar-refractivity contribution in [3.8, 4) is 5.75 Å². The number of aromatic hydroxyl groups is 1. The van der Waals surface area contributed by atoms with Crippen molar-refractivity contribution < 1.29 is 14.3 Å². The Morgan fingerprint density at radius 2 is 1.53 bits per heavy atom. The maximum atomic E-state index is 13.7. The third kappa shape index (κ3) is 4.11. The van der Waals surface area contributed by atoms with Crippen LogP contribution < -0.4 is 0 Å². The normalized spacial score (nSPS) is 12.6. The molecule has 0 unspecified atom stereocenters. The number of hydrogen-bond acceptors (Lipinski definition) is 3. The van der Waals surface area contributed by atoms with Gasteiger partial charge in [0.15, 0.2) is 5.78 Å². The second-order valence-corrected chi connectivity index (χ2v) is 11.5. The van der Waals surface area contributed by atoms with E-state index in [1.807, 2.05) is 6.92 Å². The second kappa shape index (κ2) is 7.83. The molecule has 0 saturated heterocycles. The van der Waals surface area contributed by atoms with Crippen LogP contribution in [0.5, 0.6) is 5.75 Å². The van der Waals surface area contributed by atoms with E-state index in [4.69, 9.17) is 4.42 Å². The van der Waals surface area contributed by atoms with E-state index in [9.17, 15) is 9.90 Å². The number of hydrogen-bond donors (Lipinski definition) is 1. The first-order valence-corrected chi connectivity index (χ1v) is 11.7. The van der Waals surface area contributed by atoms with E-state index in [0.29, 0.717) is 32.3 Å². The molecule has 3 rings (SSSR count). The van der Waals surface area contributed by atoms with E-state index in [1.165, 1.54) is 5.56 Å². The van der Waals surface area contributed by atoms with Gasteiger partial charge in [-0.1, -0.05) is 54.5 Å². The lowest BCUT2D eigenvalue weighted by Crippen LogP contribution is -2.16. The molecule has 0 atom stereocenters. The SMILES string of the molecule is CCc1oc2c(C(C)(C)C)cc(C(C)(C)C)cc2c1C(=O)c1cc(Br)c(O)c(Br)c1. The fourth-order valence-electron chi connectivity index (χ4n) is 3.58. The monoisotopic (exact) mass is 534 g/mol. The van der Waals surface area contributed by atoms with Crippen LogP contribution in [0, 0.1) is 0 Å². The summed E-state index contributed by atoms with van der Waals surface area (Å²) in [6.07, 6.45) is 0.616. The summed E-state index contributed by atoms with van der Waals surface area (Å²) in [5, 5.41) is 10.9. The van der Waals surface area contributed by atoms with E-state index in [1.54, 1.807) is 12.1 Å². The predicted molar refractivity (Wildman–Crippen MR) is 130 cm³/mol. The van der Waals surface area contributed by atoms with Crippen LogP contribution in [-0.2, 0) is 17.3 Å². The van der Waals surface area contributed by atoms with Crippen LogP contribution in [0.3, 0.4) is 0 Å². The number of benzene rings is 2. The van der Waals surface area contributed by atoms with Gasteiger partial charge in [0.05, 0.1) is 14.5 Å². The van der Waals surface area contributed by atoms with Crippen molar-refractivity contribution in [2.45, 2.75) is 65.7 Å². The van der Waals surface area contributed by atoms with E-state index in [-0.39, 0.29) is 22.4 Å². The molecule has 0 spiro atoms. The van der Waals surface area contributed by atoms with Crippen molar-refractivity contribution in [2.75, 3.05) is 0 Å². The third-order valence-electron chi connectivity index (χ3n) is 5.36. The Bertz CT molecular complexity index is 1120. The van der Waals surface area contributed by atoms with Gasteiger partial charge >= 0.3 is 0 Å². The molecular formula is C25H28Br2O3. The summed E-state index contributed by atoms with van der Waals surface area (Å²) in [5.41, 5.74) is 3.96. The van der Waals surface area contributed by atoms with Crippen molar-refractivity contribution in [1.29, 1.82) is 0 Å².